The molecular weight excluding hydrogens is 787 g/mol. The van der Waals surface area contributed by atoms with Crippen LogP contribution in [0.25, 0.3) is 0 Å². The highest BCUT2D eigenvalue weighted by Gasteiger charge is 2.51. The van der Waals surface area contributed by atoms with Gasteiger partial charge in [0, 0.05) is 6.04 Å². The Bertz CT molecular complexity index is 1710. The standard InChI is InChI=1S/C44H67N7O10/c1-8-17-30(35(52)40(56)46-26(2)27-18-11-9-12-19-27)47-38(54)33-24-29-22-15-16-23-32(29)51(33)41(57)36(44(3,4)5)50-39(55)34(28-20-13-10-14-21-28)49-37(53)31(48-43(59)61-7)25-45-42(58)60-6/h9,11-12,18-19,26,28-34,36H,8,10,13-17,20-25H2,1-7H3,(H,45,58)(H,46,56)(H,47,54)(H,48,59)(H,49,53)(H,50,55)/t26-,29?,30?,31+,32?,33+,34+,36-/m1/s1. The van der Waals surface area contributed by atoms with Crippen molar-refractivity contribution in [3.05, 3.63) is 35.9 Å². The molecule has 7 amide bonds. The molecule has 2 saturated carbocycles. The molecule has 0 radical (unpaired) electrons. The number of methoxy groups -OCH3 is 2. The minimum Gasteiger partial charge on any atom is -0.453 e. The van der Waals surface area contributed by atoms with Crippen LogP contribution in [0.5, 0.6) is 0 Å². The fraction of sp³-hybridized carbons (Fsp3) is 0.682. The summed E-state index contributed by atoms with van der Waals surface area (Å²) in [7, 11) is 2.28. The highest BCUT2D eigenvalue weighted by molar-refractivity contribution is 6.38. The fourth-order valence-electron chi connectivity index (χ4n) is 8.90. The van der Waals surface area contributed by atoms with Gasteiger partial charge in [0.15, 0.2) is 0 Å². The van der Waals surface area contributed by atoms with Crippen LogP contribution >= 0.6 is 0 Å². The quantitative estimate of drug-likeness (QED) is 0.125. The van der Waals surface area contributed by atoms with Crippen LogP contribution in [-0.4, -0.2) is 109 Å². The molecular formula is C44H67N7O10. The second-order valence-electron chi connectivity index (χ2n) is 17.7. The van der Waals surface area contributed by atoms with E-state index in [9.17, 15) is 33.6 Å². The SMILES string of the molecule is CCCC(NC(=O)[C@@H]1CC2CCCCC2N1C(=O)[C@@H](NC(=O)[C@@H](NC(=O)[C@H](CNC(=O)OC)NC(=O)OC)C1CCCCC1)C(C)(C)C)C(=O)C(=O)N[C@H](C)c1ccccc1. The molecule has 338 valence electrons. The van der Waals surface area contributed by atoms with Gasteiger partial charge in [0.1, 0.15) is 24.2 Å². The summed E-state index contributed by atoms with van der Waals surface area (Å²) >= 11 is 0. The number of ketones is 1. The van der Waals surface area contributed by atoms with Gasteiger partial charge in [-0.05, 0) is 68.3 Å². The number of benzene rings is 1. The van der Waals surface area contributed by atoms with Crippen LogP contribution < -0.4 is 31.9 Å². The molecule has 17 nitrogen and oxygen atoms in total. The Hall–Kier alpha value is -5.22. The van der Waals surface area contributed by atoms with E-state index in [0.717, 1.165) is 58.3 Å². The lowest BCUT2D eigenvalue weighted by Gasteiger charge is -2.40. The third kappa shape index (κ3) is 13.1. The molecule has 1 saturated heterocycles. The number of carbonyl (C=O) groups excluding carboxylic acids is 8. The van der Waals surface area contributed by atoms with E-state index in [1.807, 2.05) is 58.0 Å². The molecule has 8 atom stereocenters. The maximum Gasteiger partial charge on any atom is 0.407 e. The Morgan fingerprint density at radius 2 is 1.39 bits per heavy atom. The first-order valence-corrected chi connectivity index (χ1v) is 21.8. The second-order valence-corrected chi connectivity index (χ2v) is 17.7. The van der Waals surface area contributed by atoms with Crippen LogP contribution in [0, 0.1) is 17.3 Å². The van der Waals surface area contributed by atoms with E-state index in [4.69, 9.17) is 0 Å². The third-order valence-corrected chi connectivity index (χ3v) is 12.3. The summed E-state index contributed by atoms with van der Waals surface area (Å²) in [4.78, 5) is 110. The molecule has 4 rings (SSSR count). The van der Waals surface area contributed by atoms with Gasteiger partial charge in [-0.25, -0.2) is 9.59 Å². The van der Waals surface area contributed by atoms with Crippen molar-refractivity contribution in [1.82, 2.24) is 36.8 Å². The van der Waals surface area contributed by atoms with Crippen molar-refractivity contribution in [2.24, 2.45) is 17.3 Å². The molecule has 3 fully saturated rings. The first-order valence-electron chi connectivity index (χ1n) is 21.8. The molecule has 61 heavy (non-hydrogen) atoms. The van der Waals surface area contributed by atoms with E-state index in [1.165, 1.54) is 0 Å². The molecule has 1 aromatic rings. The number of amides is 7. The highest BCUT2D eigenvalue weighted by Crippen LogP contribution is 2.41. The zero-order valence-corrected chi connectivity index (χ0v) is 36.8. The van der Waals surface area contributed by atoms with Gasteiger partial charge in [-0.15, -0.1) is 0 Å². The highest BCUT2D eigenvalue weighted by atomic mass is 16.5. The van der Waals surface area contributed by atoms with E-state index in [2.05, 4.69) is 41.4 Å². The number of nitrogens with one attached hydrogen (secondary N) is 6. The summed E-state index contributed by atoms with van der Waals surface area (Å²) in [6.45, 7) is 8.70. The Morgan fingerprint density at radius 1 is 0.754 bits per heavy atom. The van der Waals surface area contributed by atoms with Crippen molar-refractivity contribution in [2.45, 2.75) is 154 Å². The maximum absolute atomic E-state index is 15.1. The van der Waals surface area contributed by atoms with Gasteiger partial charge in [-0.3, -0.25) is 28.8 Å². The Morgan fingerprint density at radius 3 is 2.02 bits per heavy atom. The fourth-order valence-corrected chi connectivity index (χ4v) is 8.90. The van der Waals surface area contributed by atoms with Crippen molar-refractivity contribution in [2.75, 3.05) is 20.8 Å². The number of likely N-dealkylation sites (tertiary alicyclic amines) is 1. The van der Waals surface area contributed by atoms with Crippen molar-refractivity contribution in [3.63, 3.8) is 0 Å². The molecule has 0 aromatic heterocycles. The molecule has 1 aliphatic heterocycles. The average molecular weight is 854 g/mol. The number of alkyl carbamates (subject to hydrolysis) is 2. The molecule has 6 N–H and O–H groups in total. The van der Waals surface area contributed by atoms with Crippen molar-refractivity contribution >= 4 is 47.5 Å². The second kappa shape index (κ2) is 22.6. The number of ether oxygens (including phenoxy) is 2. The molecule has 2 aliphatic carbocycles. The Labute approximate surface area is 359 Å². The van der Waals surface area contributed by atoms with Crippen LogP contribution in [0.4, 0.5) is 9.59 Å². The largest absolute Gasteiger partial charge is 0.453 e. The van der Waals surface area contributed by atoms with E-state index in [-0.39, 0.29) is 30.8 Å². The molecule has 17 heteroatoms. The Balaban J connectivity index is 1.59. The van der Waals surface area contributed by atoms with Crippen molar-refractivity contribution in [1.29, 1.82) is 0 Å². The van der Waals surface area contributed by atoms with Gasteiger partial charge in [-0.2, -0.15) is 0 Å². The van der Waals surface area contributed by atoms with Gasteiger partial charge >= 0.3 is 12.2 Å². The topological polar surface area (TPSA) is 230 Å². The normalized spacial score (nSPS) is 21.5. The van der Waals surface area contributed by atoms with Gasteiger partial charge in [0.2, 0.25) is 29.4 Å². The third-order valence-electron chi connectivity index (χ3n) is 12.3. The minimum atomic E-state index is -1.33. The Kier molecular flexibility index (Phi) is 17.9. The summed E-state index contributed by atoms with van der Waals surface area (Å²) < 4.78 is 9.30. The van der Waals surface area contributed by atoms with Crippen molar-refractivity contribution in [3.8, 4) is 0 Å². The van der Waals surface area contributed by atoms with E-state index in [1.54, 1.807) is 11.8 Å². The maximum atomic E-state index is 15.1. The number of hydrogen-bond donors (Lipinski definition) is 6. The molecule has 3 aliphatic rings. The summed E-state index contributed by atoms with van der Waals surface area (Å²) in [5, 5.41) is 16.2. The smallest absolute Gasteiger partial charge is 0.407 e. The van der Waals surface area contributed by atoms with E-state index < -0.39 is 89.2 Å². The van der Waals surface area contributed by atoms with Crippen LogP contribution in [0.1, 0.15) is 123 Å². The number of carbonyl (C=O) groups is 8. The summed E-state index contributed by atoms with van der Waals surface area (Å²) in [5.74, 6) is -4.21. The number of rotatable bonds is 17. The zero-order chi connectivity index (χ0) is 44.9. The predicted molar refractivity (Wildman–Crippen MR) is 225 cm³/mol. The predicted octanol–water partition coefficient (Wildman–Crippen LogP) is 3.55. The van der Waals surface area contributed by atoms with Crippen LogP contribution in [-0.2, 0) is 38.2 Å². The van der Waals surface area contributed by atoms with Crippen LogP contribution in [0.3, 0.4) is 0 Å². The van der Waals surface area contributed by atoms with Crippen LogP contribution in [0.15, 0.2) is 30.3 Å². The molecule has 3 unspecified atom stereocenters. The van der Waals surface area contributed by atoms with Crippen LogP contribution in [0.2, 0.25) is 0 Å². The molecule has 1 heterocycles. The summed E-state index contributed by atoms with van der Waals surface area (Å²) in [6, 6.07) is 2.85. The first kappa shape index (κ1) is 48.4. The molecule has 0 spiro atoms. The summed E-state index contributed by atoms with van der Waals surface area (Å²) in [5.41, 5.74) is -0.0435. The molecule has 1 aromatic carbocycles. The van der Waals surface area contributed by atoms with Crippen molar-refractivity contribution < 1.29 is 47.8 Å². The van der Waals surface area contributed by atoms with Gasteiger partial charge < -0.3 is 46.3 Å². The number of fused-ring (bicyclic) bond motifs is 1. The summed E-state index contributed by atoms with van der Waals surface area (Å²) in [6.07, 6.45) is 6.45. The van der Waals surface area contributed by atoms with Gasteiger partial charge in [0.25, 0.3) is 5.91 Å². The number of nitrogens with zero attached hydrogens (tertiary/aromatic N) is 1. The van der Waals surface area contributed by atoms with Gasteiger partial charge in [0.05, 0.1) is 32.8 Å². The average Bonchev–Trinajstić information content (AvgIpc) is 3.65. The number of hydrogen-bond acceptors (Lipinski definition) is 10. The lowest BCUT2D eigenvalue weighted by molar-refractivity contribution is -0.147. The van der Waals surface area contributed by atoms with E-state index >= 15 is 4.79 Å². The first-order chi connectivity index (χ1) is 29.0. The van der Waals surface area contributed by atoms with E-state index in [0.29, 0.717) is 32.1 Å². The number of Topliss-reactive ketones (excluding diaryl/α,β-unsaturated/α-hetero) is 1. The lowest BCUT2D eigenvalue weighted by Crippen LogP contribution is -2.64. The zero-order valence-electron chi connectivity index (χ0n) is 36.8. The molecule has 0 bridgehead atoms. The van der Waals surface area contributed by atoms with Gasteiger partial charge in [-0.1, -0.05) is 96.6 Å². The minimum absolute atomic E-state index is 0.0206. The monoisotopic (exact) mass is 853 g/mol. The lowest BCUT2D eigenvalue weighted by atomic mass is 9.81.